The van der Waals surface area contributed by atoms with Crippen molar-refractivity contribution in [1.29, 1.82) is 0 Å². The number of ether oxygens (including phenoxy) is 1. The van der Waals surface area contributed by atoms with Crippen molar-refractivity contribution in [3.8, 4) is 10.7 Å². The lowest BCUT2D eigenvalue weighted by atomic mass is 9.75. The molecule has 5 heterocycles. The van der Waals surface area contributed by atoms with E-state index in [1.54, 1.807) is 17.4 Å². The van der Waals surface area contributed by atoms with E-state index in [4.69, 9.17) is 32.2 Å². The van der Waals surface area contributed by atoms with Gasteiger partial charge in [0.1, 0.15) is 23.1 Å². The number of Topliss-reactive ketones (excluding diaryl/α,β-unsaturated/α-hetero) is 1. The molecule has 2 aromatic carbocycles. The number of piperazine rings is 1. The lowest BCUT2D eigenvalue weighted by Crippen LogP contribution is -2.49. The van der Waals surface area contributed by atoms with E-state index in [0.717, 1.165) is 76.4 Å². The van der Waals surface area contributed by atoms with Gasteiger partial charge in [-0.15, -0.1) is 21.5 Å². The number of fused-ring (bicyclic) bond motifs is 4. The Labute approximate surface area is 359 Å². The van der Waals surface area contributed by atoms with Gasteiger partial charge in [0.05, 0.1) is 48.0 Å². The number of nitrogens with zero attached hydrogens (tertiary/aromatic N) is 8. The number of benzene rings is 2. The fourth-order valence-electron chi connectivity index (χ4n) is 8.64. The molecule has 5 aromatic rings. The summed E-state index contributed by atoms with van der Waals surface area (Å²) in [6.45, 7) is 17.2. The summed E-state index contributed by atoms with van der Waals surface area (Å²) in [6.07, 6.45) is 0.258. The number of ketones is 1. The molecule has 0 bridgehead atoms. The minimum Gasteiger partial charge on any atom is -0.382 e. The average Bonchev–Trinajstić information content (AvgIpc) is 3.82. The first-order valence-corrected chi connectivity index (χ1v) is 21.8. The number of nitrogens with two attached hydrogens (primary N) is 1. The van der Waals surface area contributed by atoms with Crippen molar-refractivity contribution >= 4 is 46.0 Å². The molecule has 1 amide bonds. The SMILES string of the molecule is Cc1nn(-c2ccc(C(N)O)c(NCCOCCN3CCN(C(=O)C[C@@H]4N=C(c5ccc(Cl)cc5)c5c(sc(C)c5C)-n5c(C)nnc54)CC3)c2)c2c1C(=O)CC(C)(C)C2. The predicted octanol–water partition coefficient (Wildman–Crippen LogP) is 6.06. The van der Waals surface area contributed by atoms with Gasteiger partial charge >= 0.3 is 0 Å². The number of carbonyl (C=O) groups is 2. The van der Waals surface area contributed by atoms with Crippen molar-refractivity contribution in [2.24, 2.45) is 16.1 Å². The van der Waals surface area contributed by atoms with Crippen LogP contribution >= 0.6 is 22.9 Å². The Morgan fingerprint density at radius 2 is 1.78 bits per heavy atom. The summed E-state index contributed by atoms with van der Waals surface area (Å²) in [5.74, 6) is 1.60. The second-order valence-corrected chi connectivity index (χ2v) is 18.5. The molecule has 1 saturated heterocycles. The topological polar surface area (TPSA) is 169 Å². The van der Waals surface area contributed by atoms with E-state index in [2.05, 4.69) is 52.7 Å². The van der Waals surface area contributed by atoms with Gasteiger partial charge in [0, 0.05) is 78.0 Å². The van der Waals surface area contributed by atoms with Crippen LogP contribution in [0.3, 0.4) is 0 Å². The molecule has 4 N–H and O–H groups in total. The molecule has 316 valence electrons. The first-order valence-electron chi connectivity index (χ1n) is 20.6. The molecule has 1 fully saturated rings. The molecule has 3 aromatic heterocycles. The van der Waals surface area contributed by atoms with Crippen LogP contribution in [0.2, 0.25) is 5.02 Å². The maximum absolute atomic E-state index is 13.9. The van der Waals surface area contributed by atoms with Gasteiger partial charge in [-0.3, -0.25) is 24.0 Å². The number of aliphatic imine (C=N–C) groups is 1. The quantitative estimate of drug-likeness (QED) is 0.0991. The minimum atomic E-state index is -1.17. The van der Waals surface area contributed by atoms with Gasteiger partial charge in [-0.1, -0.05) is 43.6 Å². The molecule has 3 aliphatic rings. The summed E-state index contributed by atoms with van der Waals surface area (Å²) in [5.41, 5.74) is 14.1. The van der Waals surface area contributed by atoms with Gasteiger partial charge in [0.25, 0.3) is 0 Å². The maximum Gasteiger partial charge on any atom is 0.225 e. The summed E-state index contributed by atoms with van der Waals surface area (Å²) in [7, 11) is 0. The highest BCUT2D eigenvalue weighted by Gasteiger charge is 2.37. The summed E-state index contributed by atoms with van der Waals surface area (Å²) in [5, 5.41) is 29.1. The number of anilines is 1. The molecule has 16 heteroatoms. The van der Waals surface area contributed by atoms with Crippen LogP contribution in [0.25, 0.3) is 10.7 Å². The fraction of sp³-hybridized carbons (Fsp3) is 0.455. The zero-order valence-electron chi connectivity index (χ0n) is 35.1. The smallest absolute Gasteiger partial charge is 0.225 e. The second-order valence-electron chi connectivity index (χ2n) is 16.8. The van der Waals surface area contributed by atoms with Crippen LogP contribution in [0.4, 0.5) is 5.69 Å². The number of aryl methyl sites for hydroxylation is 3. The Hall–Kier alpha value is -4.77. The largest absolute Gasteiger partial charge is 0.382 e. The standard InChI is InChI=1S/C44H53ClN10O4S/c1-25-27(3)60-43-38(25)40(29-7-9-30(45)10-8-29)48-34(42-50-49-28(4)54(42)43)22-37(57)53-16-14-52(15-17-53)18-20-59-19-13-47-33-21-31(11-12-32(33)41(46)58)55-35-23-44(5,6)24-36(56)39(35)26(2)51-55/h7-12,21,34,41,47,58H,13-20,22-24,46H2,1-6H3/t34-,41?/m0/s1. The molecule has 2 aliphatic heterocycles. The Kier molecular flexibility index (Phi) is 11.8. The van der Waals surface area contributed by atoms with Gasteiger partial charge in [0.2, 0.25) is 5.91 Å². The molecule has 0 radical (unpaired) electrons. The van der Waals surface area contributed by atoms with E-state index >= 15 is 0 Å². The monoisotopic (exact) mass is 852 g/mol. The lowest BCUT2D eigenvalue weighted by Gasteiger charge is -2.35. The van der Waals surface area contributed by atoms with E-state index in [1.165, 1.54) is 4.88 Å². The number of aromatic nitrogens is 5. The van der Waals surface area contributed by atoms with Crippen molar-refractivity contribution < 1.29 is 19.4 Å². The van der Waals surface area contributed by atoms with E-state index in [9.17, 15) is 14.7 Å². The van der Waals surface area contributed by atoms with Crippen LogP contribution < -0.4 is 11.1 Å². The van der Waals surface area contributed by atoms with Crippen LogP contribution in [0.15, 0.2) is 47.5 Å². The first-order chi connectivity index (χ1) is 28.7. The number of carbonyl (C=O) groups excluding carboxylic acids is 2. The van der Waals surface area contributed by atoms with Crippen molar-refractivity contribution in [2.75, 3.05) is 57.8 Å². The van der Waals surface area contributed by atoms with Crippen LogP contribution in [0.5, 0.6) is 0 Å². The third kappa shape index (κ3) is 8.30. The summed E-state index contributed by atoms with van der Waals surface area (Å²) < 4.78 is 9.95. The molecule has 0 spiro atoms. The van der Waals surface area contributed by atoms with Crippen molar-refractivity contribution in [1.82, 2.24) is 34.3 Å². The molecular formula is C44H53ClN10O4S. The van der Waals surface area contributed by atoms with Gasteiger partial charge in [-0.25, -0.2) is 4.68 Å². The molecule has 60 heavy (non-hydrogen) atoms. The number of rotatable bonds is 12. The van der Waals surface area contributed by atoms with Gasteiger partial charge in [0.15, 0.2) is 11.6 Å². The van der Waals surface area contributed by atoms with E-state index in [1.807, 2.05) is 59.8 Å². The van der Waals surface area contributed by atoms with Gasteiger partial charge < -0.3 is 25.8 Å². The molecule has 1 aliphatic carbocycles. The Morgan fingerprint density at radius 3 is 2.52 bits per heavy atom. The average molecular weight is 853 g/mol. The van der Waals surface area contributed by atoms with E-state index in [0.29, 0.717) is 66.9 Å². The highest BCUT2D eigenvalue weighted by atomic mass is 35.5. The van der Waals surface area contributed by atoms with E-state index in [-0.39, 0.29) is 23.5 Å². The normalized spacial score (nSPS) is 18.1. The number of halogens is 1. The zero-order chi connectivity index (χ0) is 42.5. The number of aliphatic hydroxyl groups is 1. The molecule has 0 saturated carbocycles. The van der Waals surface area contributed by atoms with Crippen LogP contribution in [0.1, 0.15) is 99.5 Å². The first kappa shape index (κ1) is 41.9. The highest BCUT2D eigenvalue weighted by molar-refractivity contribution is 7.15. The van der Waals surface area contributed by atoms with Crippen LogP contribution in [-0.4, -0.2) is 109 Å². The summed E-state index contributed by atoms with van der Waals surface area (Å²) >= 11 is 7.97. The summed E-state index contributed by atoms with van der Waals surface area (Å²) in [4.78, 5) is 37.6. The number of aliphatic hydroxyl groups excluding tert-OH is 1. The Morgan fingerprint density at radius 1 is 1.03 bits per heavy atom. The third-order valence-corrected chi connectivity index (χ3v) is 13.3. The number of hydrogen-bond acceptors (Lipinski definition) is 12. The van der Waals surface area contributed by atoms with Crippen LogP contribution in [-0.2, 0) is 16.0 Å². The predicted molar refractivity (Wildman–Crippen MR) is 234 cm³/mol. The molecule has 14 nitrogen and oxygen atoms in total. The summed E-state index contributed by atoms with van der Waals surface area (Å²) in [6, 6.07) is 12.8. The highest BCUT2D eigenvalue weighted by Crippen LogP contribution is 2.40. The third-order valence-electron chi connectivity index (χ3n) is 11.9. The number of nitrogens with one attached hydrogen (secondary N) is 1. The fourth-order valence-corrected chi connectivity index (χ4v) is 9.98. The number of hydrogen-bond donors (Lipinski definition) is 3. The lowest BCUT2D eigenvalue weighted by molar-refractivity contribution is -0.133. The van der Waals surface area contributed by atoms with Gasteiger partial charge in [-0.05, 0) is 69.4 Å². The number of amides is 1. The van der Waals surface area contributed by atoms with Crippen LogP contribution in [0, 0.1) is 33.1 Å². The molecule has 2 atom stereocenters. The van der Waals surface area contributed by atoms with Crippen molar-refractivity contribution in [2.45, 2.75) is 73.1 Å². The molecular weight excluding hydrogens is 800 g/mol. The van der Waals surface area contributed by atoms with Crippen molar-refractivity contribution in [3.63, 3.8) is 0 Å². The van der Waals surface area contributed by atoms with E-state index < -0.39 is 12.3 Å². The molecule has 8 rings (SSSR count). The minimum absolute atomic E-state index is 0.0393. The Balaban J connectivity index is 0.852. The second kappa shape index (κ2) is 16.9. The Bertz CT molecular complexity index is 2460. The molecule has 1 unspecified atom stereocenters. The van der Waals surface area contributed by atoms with Gasteiger partial charge in [-0.2, -0.15) is 5.10 Å². The zero-order valence-corrected chi connectivity index (χ0v) is 36.7. The maximum atomic E-state index is 13.9. The number of thiophene rings is 1. The van der Waals surface area contributed by atoms with Crippen molar-refractivity contribution in [3.05, 3.63) is 103 Å².